The number of nitrogens with zero attached hydrogens (tertiary/aromatic N) is 1. The Labute approximate surface area is 96.6 Å². The van der Waals surface area contributed by atoms with Gasteiger partial charge in [-0.1, -0.05) is 0 Å². The fourth-order valence-electron chi connectivity index (χ4n) is 1.88. The molecule has 1 saturated heterocycles. The molecule has 0 aliphatic carbocycles. The first kappa shape index (κ1) is 11.8. The highest BCUT2D eigenvalue weighted by Gasteiger charge is 2.53. The van der Waals surface area contributed by atoms with Gasteiger partial charge in [-0.15, -0.1) is 0 Å². The lowest BCUT2D eigenvalue weighted by Gasteiger charge is -2.32. The van der Waals surface area contributed by atoms with E-state index in [0.717, 1.165) is 6.42 Å². The Kier molecular flexibility index (Phi) is 2.71. The number of carbonyl (C=O) groups is 1. The van der Waals surface area contributed by atoms with Crippen LogP contribution in [0.3, 0.4) is 0 Å². The maximum atomic E-state index is 11.0. The molecule has 0 aromatic rings. The average Bonchev–Trinajstić information content (AvgIpc) is 2.37. The molecule has 2 rings (SSSR count). The first-order valence-electron chi connectivity index (χ1n) is 5.74. The molecular weight excluding hydrogens is 205 g/mol. The normalized spacial score (nSPS) is 32.1. The second-order valence-corrected chi connectivity index (χ2v) is 5.50. The number of amides is 1. The zero-order valence-electron chi connectivity index (χ0n) is 10.3. The van der Waals surface area contributed by atoms with Crippen LogP contribution in [0, 0.1) is 0 Å². The Bertz CT molecular complexity index is 322. The summed E-state index contributed by atoms with van der Waals surface area (Å²) < 4.78 is 11.8. The quantitative estimate of drug-likeness (QED) is 0.637. The molecule has 0 radical (unpaired) electrons. The molecule has 1 atom stereocenters. The Morgan fingerprint density at radius 3 is 2.31 bits per heavy atom. The van der Waals surface area contributed by atoms with Crippen LogP contribution in [0.1, 0.15) is 40.5 Å². The number of hydrogen-bond donors (Lipinski definition) is 0. The number of aliphatic imine (C=N–C) groups is 1. The van der Waals surface area contributed by atoms with Crippen LogP contribution < -0.4 is 0 Å². The molecule has 1 unspecified atom stereocenters. The van der Waals surface area contributed by atoms with Crippen LogP contribution in [-0.2, 0) is 14.1 Å². The topological polar surface area (TPSA) is 47.9 Å². The fourth-order valence-corrected chi connectivity index (χ4v) is 1.88. The monoisotopic (exact) mass is 223 g/mol. The summed E-state index contributed by atoms with van der Waals surface area (Å²) in [7, 11) is -0.276. The van der Waals surface area contributed by atoms with Crippen LogP contribution in [-0.4, -0.2) is 30.4 Å². The second kappa shape index (κ2) is 3.67. The van der Waals surface area contributed by atoms with Gasteiger partial charge in [0.1, 0.15) is 0 Å². The van der Waals surface area contributed by atoms with Crippen molar-refractivity contribution in [3.63, 3.8) is 0 Å². The van der Waals surface area contributed by atoms with Crippen LogP contribution in [0.2, 0.25) is 5.82 Å². The van der Waals surface area contributed by atoms with Crippen molar-refractivity contribution in [2.75, 3.05) is 0 Å². The summed E-state index contributed by atoms with van der Waals surface area (Å²) in [4.78, 5) is 14.8. The predicted octanol–water partition coefficient (Wildman–Crippen LogP) is 1.84. The highest BCUT2D eigenvalue weighted by Crippen LogP contribution is 2.40. The van der Waals surface area contributed by atoms with Crippen molar-refractivity contribution in [3.8, 4) is 0 Å². The highest BCUT2D eigenvalue weighted by atomic mass is 16.7. The van der Waals surface area contributed by atoms with Gasteiger partial charge in [0.2, 0.25) is 5.91 Å². The Balaban J connectivity index is 2.09. The molecule has 16 heavy (non-hydrogen) atoms. The maximum Gasteiger partial charge on any atom is 0.466 e. The minimum absolute atomic E-state index is 0.0484. The summed E-state index contributed by atoms with van der Waals surface area (Å²) in [6.07, 6.45) is 2.93. The molecule has 0 aromatic heterocycles. The number of carbonyl (C=O) groups excluding carboxylic acids is 1. The van der Waals surface area contributed by atoms with Gasteiger partial charge >= 0.3 is 7.12 Å². The molecule has 5 heteroatoms. The third kappa shape index (κ3) is 1.94. The van der Waals surface area contributed by atoms with Crippen molar-refractivity contribution in [2.24, 2.45) is 4.99 Å². The van der Waals surface area contributed by atoms with E-state index < -0.39 is 0 Å². The Morgan fingerprint density at radius 2 is 1.88 bits per heavy atom. The van der Waals surface area contributed by atoms with Gasteiger partial charge in [-0.3, -0.25) is 4.79 Å². The van der Waals surface area contributed by atoms with Gasteiger partial charge in [-0.05, 0) is 34.1 Å². The van der Waals surface area contributed by atoms with Crippen molar-refractivity contribution in [2.45, 2.75) is 57.6 Å². The molecule has 88 valence electrons. The molecule has 0 aromatic carbocycles. The zero-order valence-corrected chi connectivity index (χ0v) is 10.3. The van der Waals surface area contributed by atoms with Crippen molar-refractivity contribution >= 4 is 19.2 Å². The molecule has 1 fully saturated rings. The van der Waals surface area contributed by atoms with E-state index in [1.165, 1.54) is 0 Å². The summed E-state index contributed by atoms with van der Waals surface area (Å²) >= 11 is 0. The Hall–Kier alpha value is -0.675. The van der Waals surface area contributed by atoms with Crippen molar-refractivity contribution in [3.05, 3.63) is 0 Å². The first-order chi connectivity index (χ1) is 7.32. The van der Waals surface area contributed by atoms with Crippen molar-refractivity contribution in [1.29, 1.82) is 0 Å². The van der Waals surface area contributed by atoms with E-state index in [4.69, 9.17) is 9.31 Å². The van der Waals surface area contributed by atoms with E-state index in [1.54, 1.807) is 6.21 Å². The molecule has 2 heterocycles. The van der Waals surface area contributed by atoms with E-state index in [1.807, 2.05) is 27.7 Å². The molecule has 2 aliphatic rings. The fraction of sp³-hybridized carbons (Fsp3) is 0.818. The van der Waals surface area contributed by atoms with Gasteiger partial charge in [0.05, 0.1) is 11.2 Å². The standard InChI is InChI=1S/C11H18BNO3/c1-10(2)11(3,4)16-12(15-10)8-5-6-9(14)13-7-8/h7-8H,5-6H2,1-4H3. The molecule has 0 saturated carbocycles. The third-order valence-electron chi connectivity index (χ3n) is 3.72. The number of hydrogen-bond acceptors (Lipinski definition) is 3. The van der Waals surface area contributed by atoms with Gasteiger partial charge in [-0.25, -0.2) is 4.99 Å². The molecule has 0 N–H and O–H groups in total. The van der Waals surface area contributed by atoms with Gasteiger partial charge in [0, 0.05) is 18.5 Å². The lowest BCUT2D eigenvalue weighted by molar-refractivity contribution is -0.118. The minimum Gasteiger partial charge on any atom is -0.403 e. The van der Waals surface area contributed by atoms with Crippen LogP contribution in [0.5, 0.6) is 0 Å². The molecular formula is C11H18BNO3. The molecule has 0 bridgehead atoms. The lowest BCUT2D eigenvalue weighted by atomic mass is 9.69. The van der Waals surface area contributed by atoms with Crippen LogP contribution >= 0.6 is 0 Å². The zero-order chi connectivity index (χ0) is 12.0. The second-order valence-electron chi connectivity index (χ2n) is 5.50. The maximum absolute atomic E-state index is 11.0. The van der Waals surface area contributed by atoms with E-state index in [2.05, 4.69) is 4.99 Å². The summed E-state index contributed by atoms with van der Waals surface area (Å²) in [6.45, 7) is 8.10. The lowest BCUT2D eigenvalue weighted by Crippen LogP contribution is -2.41. The molecule has 4 nitrogen and oxygen atoms in total. The van der Waals surface area contributed by atoms with Gasteiger partial charge < -0.3 is 9.31 Å². The first-order valence-corrected chi connectivity index (χ1v) is 5.74. The van der Waals surface area contributed by atoms with E-state index in [-0.39, 0.29) is 30.0 Å². The molecule has 2 aliphatic heterocycles. The van der Waals surface area contributed by atoms with E-state index >= 15 is 0 Å². The number of rotatable bonds is 1. The highest BCUT2D eigenvalue weighted by molar-refractivity contribution is 6.52. The van der Waals surface area contributed by atoms with Crippen LogP contribution in [0.4, 0.5) is 0 Å². The largest absolute Gasteiger partial charge is 0.466 e. The Morgan fingerprint density at radius 1 is 1.31 bits per heavy atom. The summed E-state index contributed by atoms with van der Waals surface area (Å²) in [5, 5.41) is 0. The summed E-state index contributed by atoms with van der Waals surface area (Å²) in [5.41, 5.74) is -0.625. The van der Waals surface area contributed by atoms with Crippen molar-refractivity contribution in [1.82, 2.24) is 0 Å². The van der Waals surface area contributed by atoms with Gasteiger partial charge in [0.25, 0.3) is 0 Å². The van der Waals surface area contributed by atoms with Crippen molar-refractivity contribution < 1.29 is 14.1 Å². The van der Waals surface area contributed by atoms with Gasteiger partial charge in [-0.2, -0.15) is 0 Å². The predicted molar refractivity (Wildman–Crippen MR) is 62.6 cm³/mol. The molecule has 1 amide bonds. The smallest absolute Gasteiger partial charge is 0.403 e. The van der Waals surface area contributed by atoms with Gasteiger partial charge in [0.15, 0.2) is 0 Å². The molecule has 0 spiro atoms. The summed E-state index contributed by atoms with van der Waals surface area (Å²) in [6, 6.07) is 0. The van der Waals surface area contributed by atoms with Crippen LogP contribution in [0.25, 0.3) is 0 Å². The summed E-state index contributed by atoms with van der Waals surface area (Å²) in [5.74, 6) is 0.0477. The minimum atomic E-state index is -0.313. The van der Waals surface area contributed by atoms with E-state index in [0.29, 0.717) is 6.42 Å². The van der Waals surface area contributed by atoms with Crippen LogP contribution in [0.15, 0.2) is 4.99 Å². The SMILES string of the molecule is CC1(C)OB(C2C=NC(=O)CC2)OC1(C)C. The third-order valence-corrected chi connectivity index (χ3v) is 3.72. The average molecular weight is 223 g/mol. The van der Waals surface area contributed by atoms with E-state index in [9.17, 15) is 4.79 Å².